The summed E-state index contributed by atoms with van der Waals surface area (Å²) in [6.45, 7) is 0. The molecule has 1 aromatic carbocycles. The molecular formula is C25H29FN2OS. The Morgan fingerprint density at radius 3 is 2.73 bits per heavy atom. The van der Waals surface area contributed by atoms with Gasteiger partial charge in [0.05, 0.1) is 5.69 Å². The fraction of sp³-hybridized carbons (Fsp3) is 0.440. The van der Waals surface area contributed by atoms with Crippen molar-refractivity contribution in [2.24, 2.45) is 17.8 Å². The van der Waals surface area contributed by atoms with Crippen molar-refractivity contribution < 1.29 is 9.18 Å². The van der Waals surface area contributed by atoms with Crippen molar-refractivity contribution in [2.75, 3.05) is 14.1 Å². The zero-order chi connectivity index (χ0) is 21.1. The molecule has 1 amide bonds. The molecule has 4 atom stereocenters. The third-order valence-corrected chi connectivity index (χ3v) is 7.85. The minimum absolute atomic E-state index is 0.148. The Bertz CT molecular complexity index is 912. The van der Waals surface area contributed by atoms with Gasteiger partial charge in [0, 0.05) is 31.1 Å². The molecule has 0 saturated heterocycles. The van der Waals surface area contributed by atoms with Crippen molar-refractivity contribution in [2.45, 2.75) is 37.4 Å². The summed E-state index contributed by atoms with van der Waals surface area (Å²) in [6.07, 6.45) is 12.5. The van der Waals surface area contributed by atoms with E-state index in [4.69, 9.17) is 0 Å². The number of rotatable bonds is 4. The normalized spacial score (nSPS) is 26.0. The Hall–Kier alpha value is -2.14. The van der Waals surface area contributed by atoms with Crippen molar-refractivity contribution in [3.8, 4) is 11.1 Å². The molecular weight excluding hydrogens is 395 g/mol. The van der Waals surface area contributed by atoms with Crippen LogP contribution in [0.3, 0.4) is 0 Å². The molecule has 4 rings (SSSR count). The quantitative estimate of drug-likeness (QED) is 0.561. The summed E-state index contributed by atoms with van der Waals surface area (Å²) in [6, 6.07) is 10.5. The number of benzene rings is 1. The van der Waals surface area contributed by atoms with Crippen LogP contribution in [0.1, 0.15) is 37.8 Å². The van der Waals surface area contributed by atoms with E-state index in [0.29, 0.717) is 17.1 Å². The number of thioether (sulfide) groups is 1. The van der Waals surface area contributed by atoms with Gasteiger partial charge in [-0.3, -0.25) is 9.78 Å². The molecule has 0 bridgehead atoms. The van der Waals surface area contributed by atoms with Gasteiger partial charge in [-0.25, -0.2) is 4.39 Å². The summed E-state index contributed by atoms with van der Waals surface area (Å²) >= 11 is 1.51. The third kappa shape index (κ3) is 4.77. The monoisotopic (exact) mass is 424 g/mol. The Morgan fingerprint density at radius 2 is 2.00 bits per heavy atom. The third-order valence-electron chi connectivity index (χ3n) is 6.48. The van der Waals surface area contributed by atoms with Gasteiger partial charge in [0.2, 0.25) is 0 Å². The fourth-order valence-corrected chi connectivity index (χ4v) is 6.21. The molecule has 2 fully saturated rings. The number of amides is 1. The van der Waals surface area contributed by atoms with Crippen LogP contribution in [0.2, 0.25) is 0 Å². The van der Waals surface area contributed by atoms with Gasteiger partial charge in [-0.1, -0.05) is 55.3 Å². The molecule has 2 saturated carbocycles. The Balaban J connectivity index is 1.50. The molecule has 1 aromatic heterocycles. The highest BCUT2D eigenvalue weighted by atomic mass is 32.2. The van der Waals surface area contributed by atoms with Gasteiger partial charge in [0.25, 0.3) is 5.24 Å². The molecule has 2 aromatic rings. The SMILES string of the molecule is CN(C)C(=O)S[C@H]1C[C@H]2CCCC[C@H]2[C@@H]1/C=C/c1ccc(-c2cccc(F)c2)cn1. The molecule has 2 aliphatic rings. The molecule has 0 unspecified atom stereocenters. The number of halogens is 1. The predicted octanol–water partition coefficient (Wildman–Crippen LogP) is 6.51. The smallest absolute Gasteiger partial charge is 0.281 e. The maximum absolute atomic E-state index is 13.5. The summed E-state index contributed by atoms with van der Waals surface area (Å²) in [4.78, 5) is 18.6. The molecule has 0 radical (unpaired) electrons. The number of aromatic nitrogens is 1. The highest BCUT2D eigenvalue weighted by Crippen LogP contribution is 2.51. The number of hydrogen-bond acceptors (Lipinski definition) is 3. The van der Waals surface area contributed by atoms with Crippen molar-refractivity contribution in [3.63, 3.8) is 0 Å². The summed E-state index contributed by atoms with van der Waals surface area (Å²) in [5, 5.41) is 0.491. The van der Waals surface area contributed by atoms with E-state index >= 15 is 0 Å². The van der Waals surface area contributed by atoms with Crippen LogP contribution < -0.4 is 0 Å². The van der Waals surface area contributed by atoms with Crippen LogP contribution in [0.5, 0.6) is 0 Å². The van der Waals surface area contributed by atoms with Gasteiger partial charge in [-0.15, -0.1) is 0 Å². The lowest BCUT2D eigenvalue weighted by molar-refractivity contribution is 0.241. The van der Waals surface area contributed by atoms with E-state index in [1.807, 2.05) is 32.3 Å². The van der Waals surface area contributed by atoms with Crippen LogP contribution in [0, 0.1) is 23.6 Å². The molecule has 0 N–H and O–H groups in total. The first-order chi connectivity index (χ1) is 14.5. The second kappa shape index (κ2) is 9.34. The second-order valence-electron chi connectivity index (χ2n) is 8.68. The summed E-state index contributed by atoms with van der Waals surface area (Å²) < 4.78 is 13.5. The van der Waals surface area contributed by atoms with Crippen molar-refractivity contribution in [1.82, 2.24) is 9.88 Å². The van der Waals surface area contributed by atoms with E-state index in [1.165, 1.54) is 49.6 Å². The molecule has 2 aliphatic carbocycles. The Morgan fingerprint density at radius 1 is 1.17 bits per heavy atom. The number of pyridine rings is 1. The van der Waals surface area contributed by atoms with Gasteiger partial charge in [-0.2, -0.15) is 0 Å². The summed E-state index contributed by atoms with van der Waals surface area (Å²) in [7, 11) is 3.65. The maximum atomic E-state index is 13.5. The van der Waals surface area contributed by atoms with Crippen molar-refractivity contribution in [3.05, 3.63) is 60.2 Å². The van der Waals surface area contributed by atoms with Gasteiger partial charge in [-0.05, 0) is 60.4 Å². The van der Waals surface area contributed by atoms with Crippen LogP contribution in [0.15, 0.2) is 48.7 Å². The topological polar surface area (TPSA) is 33.2 Å². The first-order valence-electron chi connectivity index (χ1n) is 10.8. The first-order valence-corrected chi connectivity index (χ1v) is 11.7. The van der Waals surface area contributed by atoms with Gasteiger partial charge >= 0.3 is 0 Å². The van der Waals surface area contributed by atoms with E-state index in [2.05, 4.69) is 17.1 Å². The van der Waals surface area contributed by atoms with Gasteiger partial charge in [0.15, 0.2) is 0 Å². The predicted molar refractivity (Wildman–Crippen MR) is 123 cm³/mol. The standard InChI is InChI=1S/C25H29FN2OS/c1-28(2)25(29)30-24-15-18-6-3-4-9-22(18)23(24)13-12-21-11-10-19(16-27-21)17-7-5-8-20(26)14-17/h5,7-8,10-14,16,18,22-24H,3-4,6,9,15H2,1-2H3/b13-12+/t18-,22-,23+,24+/m1/s1. The average Bonchev–Trinajstić information content (AvgIpc) is 3.09. The number of carbonyl (C=O) groups excluding carboxylic acids is 1. The van der Waals surface area contributed by atoms with Crippen LogP contribution in [-0.4, -0.2) is 34.5 Å². The van der Waals surface area contributed by atoms with Gasteiger partial charge < -0.3 is 4.90 Å². The largest absolute Gasteiger partial charge is 0.340 e. The van der Waals surface area contributed by atoms with Crippen molar-refractivity contribution >= 4 is 23.1 Å². The number of allylic oxidation sites excluding steroid dienone is 1. The van der Waals surface area contributed by atoms with Crippen LogP contribution in [-0.2, 0) is 0 Å². The lowest BCUT2D eigenvalue weighted by atomic mass is 9.78. The summed E-state index contributed by atoms with van der Waals surface area (Å²) in [5.74, 6) is 1.59. The minimum atomic E-state index is -0.240. The molecule has 0 spiro atoms. The number of nitrogens with zero attached hydrogens (tertiary/aromatic N) is 2. The first kappa shape index (κ1) is 21.1. The molecule has 5 heteroatoms. The minimum Gasteiger partial charge on any atom is -0.340 e. The zero-order valence-corrected chi connectivity index (χ0v) is 18.4. The van der Waals surface area contributed by atoms with E-state index in [9.17, 15) is 9.18 Å². The Labute approximate surface area is 182 Å². The average molecular weight is 425 g/mol. The molecule has 30 heavy (non-hydrogen) atoms. The molecule has 158 valence electrons. The van der Waals surface area contributed by atoms with Crippen LogP contribution >= 0.6 is 11.8 Å². The van der Waals surface area contributed by atoms with Crippen LogP contribution in [0.4, 0.5) is 9.18 Å². The number of fused-ring (bicyclic) bond motifs is 1. The van der Waals surface area contributed by atoms with Crippen LogP contribution in [0.25, 0.3) is 17.2 Å². The highest BCUT2D eigenvalue weighted by Gasteiger charge is 2.43. The lowest BCUT2D eigenvalue weighted by Crippen LogP contribution is -2.23. The highest BCUT2D eigenvalue weighted by molar-refractivity contribution is 8.14. The zero-order valence-electron chi connectivity index (χ0n) is 17.6. The second-order valence-corrected chi connectivity index (χ2v) is 9.87. The van der Waals surface area contributed by atoms with E-state index in [0.717, 1.165) is 29.2 Å². The molecule has 1 heterocycles. The molecule has 3 nitrogen and oxygen atoms in total. The van der Waals surface area contributed by atoms with E-state index in [-0.39, 0.29) is 11.1 Å². The molecule has 0 aliphatic heterocycles. The summed E-state index contributed by atoms with van der Waals surface area (Å²) in [5.41, 5.74) is 2.64. The van der Waals surface area contributed by atoms with Gasteiger partial charge in [0.1, 0.15) is 5.82 Å². The lowest BCUT2D eigenvalue weighted by Gasteiger charge is -2.28. The van der Waals surface area contributed by atoms with E-state index in [1.54, 1.807) is 17.2 Å². The maximum Gasteiger partial charge on any atom is 0.281 e. The number of hydrogen-bond donors (Lipinski definition) is 0. The Kier molecular flexibility index (Phi) is 6.57. The number of carbonyl (C=O) groups is 1. The van der Waals surface area contributed by atoms with E-state index < -0.39 is 0 Å². The fourth-order valence-electron chi connectivity index (χ4n) is 4.95. The van der Waals surface area contributed by atoms with Crippen molar-refractivity contribution in [1.29, 1.82) is 0 Å².